The number of furan rings is 1. The van der Waals surface area contributed by atoms with Crippen LogP contribution in [0.25, 0.3) is 22.1 Å². The van der Waals surface area contributed by atoms with E-state index in [2.05, 4.69) is 5.32 Å². The second kappa shape index (κ2) is 8.71. The van der Waals surface area contributed by atoms with Gasteiger partial charge in [0, 0.05) is 28.2 Å². The highest BCUT2D eigenvalue weighted by Crippen LogP contribution is 2.30. The SMILES string of the molecule is O=C(Nc1cccc2c(=O)n(CC3(O)CCCCC3)ccc12)c1ccc(-c2ccccc2)o1. The quantitative estimate of drug-likeness (QED) is 0.444. The molecule has 1 fully saturated rings. The molecule has 0 bridgehead atoms. The molecule has 5 rings (SSSR count). The molecular formula is C27H26N2O4. The number of fused-ring (bicyclic) bond motifs is 1. The van der Waals surface area contributed by atoms with Crippen LogP contribution in [0.5, 0.6) is 0 Å². The zero-order chi connectivity index (χ0) is 22.8. The Morgan fingerprint density at radius 1 is 0.939 bits per heavy atom. The summed E-state index contributed by atoms with van der Waals surface area (Å²) in [6, 6.07) is 20.1. The second-order valence-electron chi connectivity index (χ2n) is 8.78. The lowest BCUT2D eigenvalue weighted by molar-refractivity contribution is -0.0121. The van der Waals surface area contributed by atoms with Crippen LogP contribution in [-0.4, -0.2) is 21.2 Å². The van der Waals surface area contributed by atoms with E-state index in [9.17, 15) is 14.7 Å². The summed E-state index contributed by atoms with van der Waals surface area (Å²) in [5, 5.41) is 14.9. The summed E-state index contributed by atoms with van der Waals surface area (Å²) in [5.74, 6) is 0.422. The molecule has 1 amide bonds. The zero-order valence-corrected chi connectivity index (χ0v) is 18.3. The fourth-order valence-corrected chi connectivity index (χ4v) is 4.64. The second-order valence-corrected chi connectivity index (χ2v) is 8.78. The molecule has 2 aromatic carbocycles. The Kier molecular flexibility index (Phi) is 5.60. The molecule has 1 saturated carbocycles. The topological polar surface area (TPSA) is 84.5 Å². The number of nitrogens with zero attached hydrogens (tertiary/aromatic N) is 1. The van der Waals surface area contributed by atoms with Gasteiger partial charge in [-0.1, -0.05) is 55.7 Å². The molecule has 0 saturated heterocycles. The fourth-order valence-electron chi connectivity index (χ4n) is 4.64. The number of pyridine rings is 1. The number of amides is 1. The van der Waals surface area contributed by atoms with E-state index >= 15 is 0 Å². The maximum absolute atomic E-state index is 13.1. The molecule has 33 heavy (non-hydrogen) atoms. The number of carbonyl (C=O) groups is 1. The third-order valence-electron chi connectivity index (χ3n) is 6.40. The lowest BCUT2D eigenvalue weighted by atomic mass is 9.85. The third kappa shape index (κ3) is 4.34. The van der Waals surface area contributed by atoms with Crippen LogP contribution in [0.4, 0.5) is 5.69 Å². The molecule has 0 aliphatic heterocycles. The standard InChI is InChI=1S/C27H26N2O4/c30-25(24-13-12-23(33-24)19-8-3-1-4-9-19)28-22-11-7-10-21-20(22)14-17-29(26(21)31)18-27(32)15-5-2-6-16-27/h1,3-4,7-14,17,32H,2,5-6,15-16,18H2,(H,28,30). The van der Waals surface area contributed by atoms with Crippen LogP contribution < -0.4 is 10.9 Å². The molecule has 0 radical (unpaired) electrons. The number of anilines is 1. The van der Waals surface area contributed by atoms with Crippen LogP contribution in [0, 0.1) is 0 Å². The molecule has 1 aliphatic rings. The van der Waals surface area contributed by atoms with E-state index in [1.165, 1.54) is 0 Å². The monoisotopic (exact) mass is 442 g/mol. The van der Waals surface area contributed by atoms with Crippen molar-refractivity contribution >= 4 is 22.4 Å². The number of nitrogens with one attached hydrogen (secondary N) is 1. The Morgan fingerprint density at radius 3 is 2.52 bits per heavy atom. The van der Waals surface area contributed by atoms with Gasteiger partial charge in [-0.05, 0) is 43.2 Å². The van der Waals surface area contributed by atoms with Gasteiger partial charge in [0.15, 0.2) is 5.76 Å². The molecule has 2 aromatic heterocycles. The van der Waals surface area contributed by atoms with Gasteiger partial charge in [0.25, 0.3) is 11.5 Å². The van der Waals surface area contributed by atoms with Crippen molar-refractivity contribution in [1.29, 1.82) is 0 Å². The molecular weight excluding hydrogens is 416 g/mol. The van der Waals surface area contributed by atoms with Crippen molar-refractivity contribution in [2.24, 2.45) is 0 Å². The van der Waals surface area contributed by atoms with E-state index in [4.69, 9.17) is 4.42 Å². The van der Waals surface area contributed by atoms with E-state index in [0.29, 0.717) is 35.1 Å². The minimum absolute atomic E-state index is 0.174. The van der Waals surface area contributed by atoms with E-state index in [0.717, 1.165) is 24.8 Å². The van der Waals surface area contributed by atoms with Crippen LogP contribution >= 0.6 is 0 Å². The first-order valence-electron chi connectivity index (χ1n) is 11.3. The maximum atomic E-state index is 13.1. The molecule has 6 nitrogen and oxygen atoms in total. The van der Waals surface area contributed by atoms with Gasteiger partial charge in [0.1, 0.15) is 5.76 Å². The molecule has 1 aliphatic carbocycles. The van der Waals surface area contributed by atoms with Gasteiger partial charge in [0.05, 0.1) is 12.1 Å². The van der Waals surface area contributed by atoms with Crippen LogP contribution in [0.1, 0.15) is 42.7 Å². The largest absolute Gasteiger partial charge is 0.451 e. The van der Waals surface area contributed by atoms with Gasteiger partial charge in [-0.15, -0.1) is 0 Å². The first kappa shape index (κ1) is 21.2. The first-order valence-corrected chi connectivity index (χ1v) is 11.3. The average molecular weight is 443 g/mol. The van der Waals surface area contributed by atoms with Crippen molar-refractivity contribution in [3.05, 3.63) is 89.0 Å². The van der Waals surface area contributed by atoms with Crippen molar-refractivity contribution in [3.63, 3.8) is 0 Å². The first-order chi connectivity index (χ1) is 16.0. The molecule has 2 N–H and O–H groups in total. The number of hydrogen-bond acceptors (Lipinski definition) is 4. The average Bonchev–Trinajstić information content (AvgIpc) is 3.33. The van der Waals surface area contributed by atoms with E-state index in [1.807, 2.05) is 36.4 Å². The zero-order valence-electron chi connectivity index (χ0n) is 18.3. The summed E-state index contributed by atoms with van der Waals surface area (Å²) < 4.78 is 7.33. The molecule has 0 unspecified atom stereocenters. The van der Waals surface area contributed by atoms with Crippen molar-refractivity contribution in [2.45, 2.75) is 44.2 Å². The number of hydrogen-bond donors (Lipinski definition) is 2. The fraction of sp³-hybridized carbons (Fsp3) is 0.259. The number of aromatic nitrogens is 1. The van der Waals surface area contributed by atoms with Gasteiger partial charge in [-0.2, -0.15) is 0 Å². The highest BCUT2D eigenvalue weighted by Gasteiger charge is 2.30. The summed E-state index contributed by atoms with van der Waals surface area (Å²) in [5.41, 5.74) is 0.418. The minimum atomic E-state index is -0.836. The molecule has 4 aromatic rings. The summed E-state index contributed by atoms with van der Waals surface area (Å²) in [6.07, 6.45) is 6.21. The summed E-state index contributed by atoms with van der Waals surface area (Å²) in [7, 11) is 0. The molecule has 2 heterocycles. The van der Waals surface area contributed by atoms with Gasteiger partial charge in [-0.3, -0.25) is 9.59 Å². The summed E-state index contributed by atoms with van der Waals surface area (Å²) >= 11 is 0. The normalized spacial score (nSPS) is 15.4. The molecule has 0 spiro atoms. The van der Waals surface area contributed by atoms with Gasteiger partial charge >= 0.3 is 0 Å². The smallest absolute Gasteiger partial charge is 0.291 e. The van der Waals surface area contributed by atoms with E-state index in [-0.39, 0.29) is 23.8 Å². The van der Waals surface area contributed by atoms with Crippen LogP contribution in [0.2, 0.25) is 0 Å². The van der Waals surface area contributed by atoms with Gasteiger partial charge in [0.2, 0.25) is 0 Å². The Hall–Kier alpha value is -3.64. The van der Waals surface area contributed by atoms with Crippen LogP contribution in [0.15, 0.2) is 82.1 Å². The molecule has 0 atom stereocenters. The Bertz CT molecular complexity index is 1350. The number of rotatable bonds is 5. The van der Waals surface area contributed by atoms with Crippen LogP contribution in [0.3, 0.4) is 0 Å². The minimum Gasteiger partial charge on any atom is -0.451 e. The van der Waals surface area contributed by atoms with Gasteiger partial charge < -0.3 is 19.4 Å². The predicted octanol–water partition coefficient (Wildman–Crippen LogP) is 5.21. The number of carbonyl (C=O) groups excluding carboxylic acids is 1. The van der Waals surface area contributed by atoms with Crippen molar-refractivity contribution < 1.29 is 14.3 Å². The number of aliphatic hydroxyl groups is 1. The Labute approximate surface area is 191 Å². The van der Waals surface area contributed by atoms with Crippen molar-refractivity contribution in [2.75, 3.05) is 5.32 Å². The Morgan fingerprint density at radius 2 is 1.73 bits per heavy atom. The highest BCUT2D eigenvalue weighted by atomic mass is 16.4. The summed E-state index contributed by atoms with van der Waals surface area (Å²) in [4.78, 5) is 26.0. The maximum Gasteiger partial charge on any atom is 0.291 e. The van der Waals surface area contributed by atoms with Crippen molar-refractivity contribution in [3.8, 4) is 11.3 Å². The lowest BCUT2D eigenvalue weighted by Gasteiger charge is -2.32. The summed E-state index contributed by atoms with van der Waals surface area (Å²) in [6.45, 7) is 0.285. The van der Waals surface area contributed by atoms with Crippen LogP contribution in [-0.2, 0) is 6.54 Å². The number of benzene rings is 2. The predicted molar refractivity (Wildman–Crippen MR) is 128 cm³/mol. The third-order valence-corrected chi connectivity index (χ3v) is 6.40. The van der Waals surface area contributed by atoms with E-state index in [1.54, 1.807) is 41.1 Å². The Balaban J connectivity index is 1.40. The molecule has 168 valence electrons. The van der Waals surface area contributed by atoms with E-state index < -0.39 is 5.60 Å². The lowest BCUT2D eigenvalue weighted by Crippen LogP contribution is -2.39. The van der Waals surface area contributed by atoms with Crippen molar-refractivity contribution in [1.82, 2.24) is 4.57 Å². The molecule has 6 heteroatoms. The highest BCUT2D eigenvalue weighted by molar-refractivity contribution is 6.07. The van der Waals surface area contributed by atoms with Gasteiger partial charge in [-0.25, -0.2) is 0 Å².